The zero-order valence-corrected chi connectivity index (χ0v) is 17.4. The van der Waals surface area contributed by atoms with Crippen molar-refractivity contribution in [3.63, 3.8) is 0 Å². The summed E-state index contributed by atoms with van der Waals surface area (Å²) in [4.78, 5) is 11.1. The van der Waals surface area contributed by atoms with Crippen LogP contribution in [0.25, 0.3) is 16.8 Å². The maximum absolute atomic E-state index is 13.1. The largest absolute Gasteiger partial charge is 0.489 e. The SMILES string of the molecule is O=C(O)C=Cc1cccc2c1OC1CCC(NS(=O)(=O)c3ccc4ccccc4c3)C21. The summed E-state index contributed by atoms with van der Waals surface area (Å²) in [6.07, 6.45) is 3.87. The summed E-state index contributed by atoms with van der Waals surface area (Å²) in [7, 11) is -3.71. The van der Waals surface area contributed by atoms with Crippen LogP contribution in [0.1, 0.15) is 29.9 Å². The highest BCUT2D eigenvalue weighted by Crippen LogP contribution is 2.49. The van der Waals surface area contributed by atoms with Crippen LogP contribution in [0.2, 0.25) is 0 Å². The second kappa shape index (κ2) is 7.51. The molecule has 3 aromatic rings. The van der Waals surface area contributed by atoms with Crippen molar-refractivity contribution in [3.05, 3.63) is 77.9 Å². The van der Waals surface area contributed by atoms with Crippen LogP contribution in [0.4, 0.5) is 0 Å². The minimum atomic E-state index is -3.71. The molecule has 6 nitrogen and oxygen atoms in total. The Kier molecular flexibility index (Phi) is 4.79. The van der Waals surface area contributed by atoms with Crippen LogP contribution >= 0.6 is 0 Å². The van der Waals surface area contributed by atoms with Gasteiger partial charge in [-0.05, 0) is 41.8 Å². The molecule has 7 heteroatoms. The first kappa shape index (κ1) is 19.8. The molecule has 2 N–H and O–H groups in total. The number of sulfonamides is 1. The summed E-state index contributed by atoms with van der Waals surface area (Å²) in [6, 6.07) is 18.1. The monoisotopic (exact) mass is 435 g/mol. The predicted molar refractivity (Wildman–Crippen MR) is 118 cm³/mol. The van der Waals surface area contributed by atoms with Gasteiger partial charge in [-0.2, -0.15) is 0 Å². The van der Waals surface area contributed by atoms with Crippen molar-refractivity contribution in [2.45, 2.75) is 35.8 Å². The van der Waals surface area contributed by atoms with Gasteiger partial charge in [-0.25, -0.2) is 17.9 Å². The van der Waals surface area contributed by atoms with Crippen LogP contribution in [-0.2, 0) is 14.8 Å². The second-order valence-electron chi connectivity index (χ2n) is 7.93. The molecule has 3 atom stereocenters. The number of rotatable bonds is 5. The van der Waals surface area contributed by atoms with Crippen molar-refractivity contribution in [3.8, 4) is 5.75 Å². The minimum Gasteiger partial charge on any atom is -0.489 e. The van der Waals surface area contributed by atoms with Gasteiger partial charge in [0, 0.05) is 29.2 Å². The molecule has 1 fully saturated rings. The van der Waals surface area contributed by atoms with E-state index in [-0.39, 0.29) is 23.0 Å². The van der Waals surface area contributed by atoms with Gasteiger partial charge >= 0.3 is 5.97 Å². The number of carboxylic acid groups (broad SMARTS) is 1. The lowest BCUT2D eigenvalue weighted by atomic mass is 9.93. The Labute approximate surface area is 180 Å². The first-order valence-corrected chi connectivity index (χ1v) is 11.6. The summed E-state index contributed by atoms with van der Waals surface area (Å²) in [5, 5.41) is 10.8. The number of carbonyl (C=O) groups is 1. The second-order valence-corrected chi connectivity index (χ2v) is 9.65. The Bertz CT molecular complexity index is 1310. The van der Waals surface area contributed by atoms with E-state index in [1.807, 2.05) is 42.5 Å². The molecule has 1 saturated carbocycles. The average Bonchev–Trinajstić information content (AvgIpc) is 3.32. The van der Waals surface area contributed by atoms with Gasteiger partial charge < -0.3 is 9.84 Å². The van der Waals surface area contributed by atoms with Gasteiger partial charge in [0.05, 0.1) is 4.90 Å². The minimum absolute atomic E-state index is 0.108. The van der Waals surface area contributed by atoms with Crippen molar-refractivity contribution >= 4 is 32.8 Å². The van der Waals surface area contributed by atoms with E-state index >= 15 is 0 Å². The molecule has 1 aliphatic carbocycles. The number of hydrogen-bond donors (Lipinski definition) is 2. The quantitative estimate of drug-likeness (QED) is 0.593. The van der Waals surface area contributed by atoms with E-state index in [1.165, 1.54) is 6.08 Å². The number of para-hydroxylation sites is 1. The lowest BCUT2D eigenvalue weighted by molar-refractivity contribution is -0.131. The van der Waals surface area contributed by atoms with E-state index in [9.17, 15) is 13.2 Å². The summed E-state index contributed by atoms with van der Waals surface area (Å²) in [5.74, 6) is -0.496. The van der Waals surface area contributed by atoms with E-state index in [0.717, 1.165) is 28.8 Å². The van der Waals surface area contributed by atoms with Gasteiger partial charge in [0.15, 0.2) is 0 Å². The standard InChI is InChI=1S/C24H21NO5S/c26-22(27)13-9-16-6-3-7-19-23-20(11-12-21(23)30-24(16)19)25-31(28,29)18-10-8-15-4-1-2-5-17(15)14-18/h1-10,13-14,20-21,23,25H,11-12H2,(H,26,27). The van der Waals surface area contributed by atoms with Gasteiger partial charge in [0.2, 0.25) is 10.0 Å². The number of aliphatic carboxylic acids is 1. The molecule has 31 heavy (non-hydrogen) atoms. The van der Waals surface area contributed by atoms with Gasteiger partial charge in [0.25, 0.3) is 0 Å². The molecule has 0 radical (unpaired) electrons. The fourth-order valence-electron chi connectivity index (χ4n) is 4.66. The Morgan fingerprint density at radius 1 is 1.03 bits per heavy atom. The summed E-state index contributed by atoms with van der Waals surface area (Å²) >= 11 is 0. The van der Waals surface area contributed by atoms with Crippen LogP contribution in [0.5, 0.6) is 5.75 Å². The fourth-order valence-corrected chi connectivity index (χ4v) is 5.99. The van der Waals surface area contributed by atoms with Crippen molar-refractivity contribution in [2.24, 2.45) is 0 Å². The van der Waals surface area contributed by atoms with Crippen LogP contribution in [0, 0.1) is 0 Å². The predicted octanol–water partition coefficient (Wildman–Crippen LogP) is 3.92. The molecule has 1 aliphatic heterocycles. The zero-order valence-electron chi connectivity index (χ0n) is 16.6. The smallest absolute Gasteiger partial charge is 0.328 e. The molecule has 158 valence electrons. The molecule has 3 unspecified atom stereocenters. The van der Waals surface area contributed by atoms with E-state index in [2.05, 4.69) is 4.72 Å². The first-order valence-electron chi connectivity index (χ1n) is 10.1. The molecule has 1 heterocycles. The topological polar surface area (TPSA) is 92.7 Å². The number of ether oxygens (including phenoxy) is 1. The average molecular weight is 436 g/mol. The highest BCUT2D eigenvalue weighted by Gasteiger charge is 2.46. The van der Waals surface area contributed by atoms with E-state index < -0.39 is 16.0 Å². The van der Waals surface area contributed by atoms with Crippen molar-refractivity contribution in [2.75, 3.05) is 0 Å². The molecule has 5 rings (SSSR count). The third kappa shape index (κ3) is 3.60. The molecule has 0 spiro atoms. The van der Waals surface area contributed by atoms with Crippen molar-refractivity contribution in [1.82, 2.24) is 4.72 Å². The number of nitrogens with one attached hydrogen (secondary N) is 1. The molecular formula is C24H21NO5S. The van der Waals surface area contributed by atoms with Gasteiger partial charge in [-0.3, -0.25) is 0 Å². The highest BCUT2D eigenvalue weighted by atomic mass is 32.2. The number of hydrogen-bond acceptors (Lipinski definition) is 4. The third-order valence-electron chi connectivity index (χ3n) is 6.04. The Morgan fingerprint density at radius 2 is 1.84 bits per heavy atom. The van der Waals surface area contributed by atoms with E-state index in [4.69, 9.17) is 9.84 Å². The Morgan fingerprint density at radius 3 is 2.65 bits per heavy atom. The summed E-state index contributed by atoms with van der Waals surface area (Å²) < 4.78 is 35.3. The normalized spacial score (nSPS) is 22.4. The Hall–Kier alpha value is -3.16. The molecule has 0 bridgehead atoms. The summed E-state index contributed by atoms with van der Waals surface area (Å²) in [6.45, 7) is 0. The van der Waals surface area contributed by atoms with Crippen LogP contribution in [-0.4, -0.2) is 31.6 Å². The highest BCUT2D eigenvalue weighted by molar-refractivity contribution is 7.89. The maximum Gasteiger partial charge on any atom is 0.328 e. The molecule has 0 amide bonds. The fraction of sp³-hybridized carbons (Fsp3) is 0.208. The van der Waals surface area contributed by atoms with Crippen LogP contribution < -0.4 is 9.46 Å². The lowest BCUT2D eigenvalue weighted by Gasteiger charge is -2.20. The van der Waals surface area contributed by atoms with Crippen LogP contribution in [0.15, 0.2) is 71.6 Å². The maximum atomic E-state index is 13.1. The summed E-state index contributed by atoms with van der Waals surface area (Å²) in [5.41, 5.74) is 1.60. The third-order valence-corrected chi connectivity index (χ3v) is 7.53. The van der Waals surface area contributed by atoms with Gasteiger partial charge in [0.1, 0.15) is 11.9 Å². The zero-order chi connectivity index (χ0) is 21.6. The molecular weight excluding hydrogens is 414 g/mol. The first-order chi connectivity index (χ1) is 14.9. The van der Waals surface area contributed by atoms with E-state index in [0.29, 0.717) is 17.7 Å². The lowest BCUT2D eigenvalue weighted by Crippen LogP contribution is -2.37. The molecule has 0 aromatic heterocycles. The van der Waals surface area contributed by atoms with E-state index in [1.54, 1.807) is 18.2 Å². The molecule has 2 aliphatic rings. The van der Waals surface area contributed by atoms with Crippen molar-refractivity contribution in [1.29, 1.82) is 0 Å². The number of benzene rings is 3. The number of carboxylic acids is 1. The van der Waals surface area contributed by atoms with Gasteiger partial charge in [-0.15, -0.1) is 0 Å². The molecule has 3 aromatic carbocycles. The Balaban J connectivity index is 1.44. The van der Waals surface area contributed by atoms with Crippen molar-refractivity contribution < 1.29 is 23.1 Å². The number of fused-ring (bicyclic) bond motifs is 4. The van der Waals surface area contributed by atoms with Crippen LogP contribution in [0.3, 0.4) is 0 Å². The van der Waals surface area contributed by atoms with Gasteiger partial charge in [-0.1, -0.05) is 48.5 Å². The molecule has 0 saturated heterocycles.